The molecule has 0 unspecified atom stereocenters. The Morgan fingerprint density at radius 2 is 1.88 bits per heavy atom. The van der Waals surface area contributed by atoms with Crippen LogP contribution < -0.4 is 10.6 Å². The molecule has 0 fully saturated rings. The van der Waals surface area contributed by atoms with Gasteiger partial charge in [0.15, 0.2) is 0 Å². The van der Waals surface area contributed by atoms with Crippen LogP contribution in [0, 0.1) is 0 Å². The molecule has 3 aromatic rings. The summed E-state index contributed by atoms with van der Waals surface area (Å²) in [4.78, 5) is 14.3. The molecule has 4 nitrogen and oxygen atoms in total. The lowest BCUT2D eigenvalue weighted by atomic mass is 10.2. The first-order valence-corrected chi connectivity index (χ1v) is 9.40. The van der Waals surface area contributed by atoms with Crippen molar-refractivity contribution >= 4 is 35.0 Å². The maximum atomic E-state index is 12.3. The molecule has 0 radical (unpaired) electrons. The summed E-state index contributed by atoms with van der Waals surface area (Å²) < 4.78 is 5.33. The average Bonchev–Trinajstić information content (AvgIpc) is 3.18. The third-order valence-corrected chi connectivity index (χ3v) is 5.08. The molecule has 2 aromatic carbocycles. The predicted molar refractivity (Wildman–Crippen MR) is 106 cm³/mol. The second kappa shape index (κ2) is 8.94. The normalized spacial score (nSPS) is 11.9. The second-order valence-corrected chi connectivity index (χ2v) is 7.27. The highest BCUT2D eigenvalue weighted by molar-refractivity contribution is 7.99. The standard InChI is InChI=1S/C20H19ClN2O2S/c1-14(18-6-4-12-25-18)22-13-20(24)23-17-5-2-3-7-19(17)26-16-10-8-15(21)9-11-16/h2-12,14,22H,13H2,1H3,(H,23,24)/t14-/m1/s1. The van der Waals surface area contributed by atoms with Crippen LogP contribution in [0.5, 0.6) is 0 Å². The number of para-hydroxylation sites is 1. The number of rotatable bonds is 7. The zero-order valence-corrected chi connectivity index (χ0v) is 15.8. The van der Waals surface area contributed by atoms with Crippen molar-refractivity contribution in [2.24, 2.45) is 0 Å². The van der Waals surface area contributed by atoms with Crippen molar-refractivity contribution in [3.05, 3.63) is 77.7 Å². The number of furan rings is 1. The van der Waals surface area contributed by atoms with Crippen molar-refractivity contribution in [1.82, 2.24) is 5.32 Å². The number of carbonyl (C=O) groups excluding carboxylic acids is 1. The lowest BCUT2D eigenvalue weighted by Gasteiger charge is -2.13. The minimum atomic E-state index is -0.104. The van der Waals surface area contributed by atoms with Crippen molar-refractivity contribution in [1.29, 1.82) is 0 Å². The Balaban J connectivity index is 1.60. The van der Waals surface area contributed by atoms with Crippen LogP contribution in [0.2, 0.25) is 5.02 Å². The summed E-state index contributed by atoms with van der Waals surface area (Å²) in [6.45, 7) is 2.15. The van der Waals surface area contributed by atoms with Crippen LogP contribution in [0.25, 0.3) is 0 Å². The van der Waals surface area contributed by atoms with Crippen LogP contribution in [0.4, 0.5) is 5.69 Å². The van der Waals surface area contributed by atoms with Crippen molar-refractivity contribution in [2.75, 3.05) is 11.9 Å². The van der Waals surface area contributed by atoms with Gasteiger partial charge in [-0.15, -0.1) is 0 Å². The molecule has 134 valence electrons. The maximum Gasteiger partial charge on any atom is 0.238 e. The molecule has 1 heterocycles. The van der Waals surface area contributed by atoms with Gasteiger partial charge in [-0.05, 0) is 55.5 Å². The molecule has 1 aromatic heterocycles. The number of benzene rings is 2. The summed E-state index contributed by atoms with van der Waals surface area (Å²) in [5.41, 5.74) is 0.782. The van der Waals surface area contributed by atoms with E-state index >= 15 is 0 Å². The quantitative estimate of drug-likeness (QED) is 0.572. The first-order chi connectivity index (χ1) is 12.6. The lowest BCUT2D eigenvalue weighted by molar-refractivity contribution is -0.115. The monoisotopic (exact) mass is 386 g/mol. The van der Waals surface area contributed by atoms with E-state index < -0.39 is 0 Å². The second-order valence-electron chi connectivity index (χ2n) is 5.72. The zero-order valence-electron chi connectivity index (χ0n) is 14.2. The SMILES string of the molecule is C[C@@H](NCC(=O)Nc1ccccc1Sc1ccc(Cl)cc1)c1ccco1. The molecule has 6 heteroatoms. The predicted octanol–water partition coefficient (Wildman–Crippen LogP) is 5.37. The Hall–Kier alpha value is -2.21. The Morgan fingerprint density at radius 1 is 1.12 bits per heavy atom. The van der Waals surface area contributed by atoms with Crippen LogP contribution in [0.15, 0.2) is 81.1 Å². The van der Waals surface area contributed by atoms with Crippen LogP contribution in [0.1, 0.15) is 18.7 Å². The number of halogens is 1. The van der Waals surface area contributed by atoms with Gasteiger partial charge < -0.3 is 9.73 Å². The van der Waals surface area contributed by atoms with E-state index in [0.29, 0.717) is 5.02 Å². The fraction of sp³-hybridized carbons (Fsp3) is 0.150. The first kappa shape index (κ1) is 18.6. The van der Waals surface area contributed by atoms with E-state index in [-0.39, 0.29) is 18.5 Å². The Labute approximate surface area is 161 Å². The van der Waals surface area contributed by atoms with Crippen molar-refractivity contribution in [2.45, 2.75) is 22.8 Å². The number of amides is 1. The molecule has 0 aliphatic heterocycles. The number of anilines is 1. The Morgan fingerprint density at radius 3 is 2.62 bits per heavy atom. The summed E-state index contributed by atoms with van der Waals surface area (Å²) >= 11 is 7.51. The molecule has 0 saturated heterocycles. The third-order valence-electron chi connectivity index (χ3n) is 3.74. The molecule has 0 bridgehead atoms. The highest BCUT2D eigenvalue weighted by Crippen LogP contribution is 2.33. The summed E-state index contributed by atoms with van der Waals surface area (Å²) in [5, 5.41) is 6.82. The van der Waals surface area contributed by atoms with E-state index in [1.807, 2.05) is 67.6 Å². The van der Waals surface area contributed by atoms with E-state index in [9.17, 15) is 4.79 Å². The molecule has 1 atom stereocenters. The Bertz CT molecular complexity index is 851. The van der Waals surface area contributed by atoms with Gasteiger partial charge in [0, 0.05) is 14.8 Å². The molecule has 2 N–H and O–H groups in total. The van der Waals surface area contributed by atoms with E-state index in [0.717, 1.165) is 21.2 Å². The minimum absolute atomic E-state index is 0.0329. The van der Waals surface area contributed by atoms with E-state index in [4.69, 9.17) is 16.0 Å². The number of hydrogen-bond donors (Lipinski definition) is 2. The fourth-order valence-corrected chi connectivity index (χ4v) is 3.39. The van der Waals surface area contributed by atoms with Crippen LogP contribution in [0.3, 0.4) is 0 Å². The highest BCUT2D eigenvalue weighted by Gasteiger charge is 2.11. The first-order valence-electron chi connectivity index (χ1n) is 8.21. The van der Waals surface area contributed by atoms with Crippen molar-refractivity contribution in [3.63, 3.8) is 0 Å². The molecule has 0 aliphatic carbocycles. The van der Waals surface area contributed by atoms with Gasteiger partial charge in [-0.1, -0.05) is 35.5 Å². The van der Waals surface area contributed by atoms with Gasteiger partial charge in [0.05, 0.1) is 24.5 Å². The molecule has 0 spiro atoms. The number of carbonyl (C=O) groups is 1. The average molecular weight is 387 g/mol. The van der Waals surface area contributed by atoms with Gasteiger partial charge in [-0.2, -0.15) is 0 Å². The van der Waals surface area contributed by atoms with Crippen molar-refractivity contribution in [3.8, 4) is 0 Å². The molecule has 3 rings (SSSR count). The summed E-state index contributed by atoms with van der Waals surface area (Å²) in [6.07, 6.45) is 1.62. The Kier molecular flexibility index (Phi) is 6.39. The van der Waals surface area contributed by atoms with Gasteiger partial charge in [-0.25, -0.2) is 0 Å². The molecule has 1 amide bonds. The fourth-order valence-electron chi connectivity index (χ4n) is 2.37. The van der Waals surface area contributed by atoms with Crippen LogP contribution >= 0.6 is 23.4 Å². The molecule has 26 heavy (non-hydrogen) atoms. The maximum absolute atomic E-state index is 12.3. The minimum Gasteiger partial charge on any atom is -0.468 e. The van der Waals surface area contributed by atoms with Crippen molar-refractivity contribution < 1.29 is 9.21 Å². The highest BCUT2D eigenvalue weighted by atomic mass is 35.5. The van der Waals surface area contributed by atoms with E-state index in [1.54, 1.807) is 18.0 Å². The lowest BCUT2D eigenvalue weighted by Crippen LogP contribution is -2.30. The smallest absolute Gasteiger partial charge is 0.238 e. The van der Waals surface area contributed by atoms with Gasteiger partial charge in [-0.3, -0.25) is 10.1 Å². The van der Waals surface area contributed by atoms with E-state index in [1.165, 1.54) is 0 Å². The van der Waals surface area contributed by atoms with Gasteiger partial charge in [0.25, 0.3) is 0 Å². The summed E-state index contributed by atoms with van der Waals surface area (Å²) in [5.74, 6) is 0.698. The molecule has 0 aliphatic rings. The number of nitrogens with one attached hydrogen (secondary N) is 2. The summed E-state index contributed by atoms with van der Waals surface area (Å²) in [7, 11) is 0. The van der Waals surface area contributed by atoms with Gasteiger partial charge >= 0.3 is 0 Å². The van der Waals surface area contributed by atoms with Crippen LogP contribution in [-0.4, -0.2) is 12.5 Å². The number of hydrogen-bond acceptors (Lipinski definition) is 4. The van der Waals surface area contributed by atoms with E-state index in [2.05, 4.69) is 10.6 Å². The van der Waals surface area contributed by atoms with Gasteiger partial charge in [0.2, 0.25) is 5.91 Å². The largest absolute Gasteiger partial charge is 0.468 e. The summed E-state index contributed by atoms with van der Waals surface area (Å²) in [6, 6.07) is 19.0. The molecular formula is C20H19ClN2O2S. The topological polar surface area (TPSA) is 54.3 Å². The molecule has 0 saturated carbocycles. The third kappa shape index (κ3) is 5.14. The van der Waals surface area contributed by atoms with Crippen LogP contribution in [-0.2, 0) is 4.79 Å². The zero-order chi connectivity index (χ0) is 18.4. The molecular weight excluding hydrogens is 368 g/mol. The van der Waals surface area contributed by atoms with Gasteiger partial charge in [0.1, 0.15) is 5.76 Å².